The molecule has 1 aromatic rings. The van der Waals surface area contributed by atoms with E-state index in [0.717, 1.165) is 54.7 Å². The molecule has 0 spiro atoms. The van der Waals surface area contributed by atoms with Crippen molar-refractivity contribution in [2.24, 2.45) is 5.92 Å². The summed E-state index contributed by atoms with van der Waals surface area (Å²) in [5, 5.41) is 3.14. The fraction of sp³-hybridized carbons (Fsp3) is 0.696. The lowest BCUT2D eigenvalue weighted by atomic mass is 9.78. The third kappa shape index (κ3) is 5.47. The summed E-state index contributed by atoms with van der Waals surface area (Å²) in [5.41, 5.74) is 2.22. The van der Waals surface area contributed by atoms with Crippen molar-refractivity contribution in [2.75, 3.05) is 11.9 Å². The zero-order valence-corrected chi connectivity index (χ0v) is 18.0. The van der Waals surface area contributed by atoms with E-state index in [1.807, 2.05) is 26.0 Å². The summed E-state index contributed by atoms with van der Waals surface area (Å²) in [7, 11) is 0. The molecule has 1 saturated carbocycles. The summed E-state index contributed by atoms with van der Waals surface area (Å²) in [5.74, 6) is 1.43. The minimum absolute atomic E-state index is 0.00288. The molecule has 1 amide bonds. The summed E-state index contributed by atoms with van der Waals surface area (Å²) in [6.07, 6.45) is 5.87. The maximum atomic E-state index is 13.2. The smallest absolute Gasteiger partial charge is 0.256 e. The van der Waals surface area contributed by atoms with Crippen LogP contribution in [0.4, 0.5) is 5.69 Å². The summed E-state index contributed by atoms with van der Waals surface area (Å²) in [6.45, 7) is 13.2. The summed E-state index contributed by atoms with van der Waals surface area (Å²) < 4.78 is 12.2. The fourth-order valence-corrected chi connectivity index (χ4v) is 3.94. The molecule has 2 rings (SSSR count). The molecule has 3 atom stereocenters. The van der Waals surface area contributed by atoms with E-state index in [0.29, 0.717) is 12.5 Å². The average molecular weight is 376 g/mol. The Morgan fingerprint density at radius 3 is 2.52 bits per heavy atom. The molecular weight excluding hydrogens is 338 g/mol. The molecule has 0 bridgehead atoms. The van der Waals surface area contributed by atoms with E-state index in [-0.39, 0.29) is 12.0 Å². The highest BCUT2D eigenvalue weighted by molar-refractivity contribution is 5.97. The monoisotopic (exact) mass is 375 g/mol. The first-order chi connectivity index (χ1) is 12.8. The Bertz CT molecular complexity index is 620. The predicted octanol–water partition coefficient (Wildman–Crippen LogP) is 5.79. The highest BCUT2D eigenvalue weighted by Gasteiger charge is 2.42. The van der Waals surface area contributed by atoms with Crippen LogP contribution in [0.2, 0.25) is 0 Å². The maximum Gasteiger partial charge on any atom is 0.256 e. The first-order valence-electron chi connectivity index (χ1n) is 10.5. The van der Waals surface area contributed by atoms with Crippen LogP contribution < -0.4 is 10.1 Å². The van der Waals surface area contributed by atoms with Crippen LogP contribution in [0.25, 0.3) is 0 Å². The van der Waals surface area contributed by atoms with Crippen LogP contribution in [-0.2, 0) is 9.53 Å². The Labute approximate surface area is 165 Å². The largest absolute Gasteiger partial charge is 0.490 e. The maximum absolute atomic E-state index is 13.2. The van der Waals surface area contributed by atoms with Gasteiger partial charge in [0.1, 0.15) is 11.4 Å². The minimum atomic E-state index is -0.693. The van der Waals surface area contributed by atoms with Gasteiger partial charge >= 0.3 is 0 Å². The number of rotatable bonds is 8. The second kappa shape index (κ2) is 9.59. The van der Waals surface area contributed by atoms with Gasteiger partial charge < -0.3 is 14.8 Å². The van der Waals surface area contributed by atoms with Gasteiger partial charge in [0.05, 0.1) is 6.10 Å². The second-order valence-corrected chi connectivity index (χ2v) is 8.27. The number of carbonyl (C=O) groups is 1. The predicted molar refractivity (Wildman–Crippen MR) is 112 cm³/mol. The number of amides is 1. The van der Waals surface area contributed by atoms with Crippen LogP contribution in [0.15, 0.2) is 12.1 Å². The molecule has 4 heteroatoms. The van der Waals surface area contributed by atoms with Gasteiger partial charge in [-0.2, -0.15) is 0 Å². The van der Waals surface area contributed by atoms with Gasteiger partial charge in [-0.1, -0.05) is 27.2 Å². The van der Waals surface area contributed by atoms with Crippen LogP contribution >= 0.6 is 0 Å². The third-order valence-corrected chi connectivity index (χ3v) is 5.56. The van der Waals surface area contributed by atoms with E-state index in [2.05, 4.69) is 33.0 Å². The van der Waals surface area contributed by atoms with Gasteiger partial charge in [-0.3, -0.25) is 4.79 Å². The zero-order valence-electron chi connectivity index (χ0n) is 18.0. The molecule has 1 aliphatic rings. The topological polar surface area (TPSA) is 47.6 Å². The Hall–Kier alpha value is -1.55. The van der Waals surface area contributed by atoms with Gasteiger partial charge in [-0.15, -0.1) is 0 Å². The summed E-state index contributed by atoms with van der Waals surface area (Å²) in [4.78, 5) is 13.2. The quantitative estimate of drug-likeness (QED) is 0.625. The number of aryl methyl sites for hydroxylation is 2. The second-order valence-electron chi connectivity index (χ2n) is 8.27. The number of hydrogen-bond acceptors (Lipinski definition) is 3. The normalized spacial score (nSPS) is 23.7. The van der Waals surface area contributed by atoms with E-state index in [4.69, 9.17) is 9.47 Å². The lowest BCUT2D eigenvalue weighted by Gasteiger charge is -2.38. The van der Waals surface area contributed by atoms with E-state index < -0.39 is 5.60 Å². The number of anilines is 1. The Morgan fingerprint density at radius 2 is 1.96 bits per heavy atom. The van der Waals surface area contributed by atoms with Gasteiger partial charge in [-0.25, -0.2) is 0 Å². The van der Waals surface area contributed by atoms with E-state index >= 15 is 0 Å². The van der Waals surface area contributed by atoms with E-state index in [1.165, 1.54) is 6.42 Å². The molecule has 1 aromatic carbocycles. The molecule has 0 aromatic heterocycles. The van der Waals surface area contributed by atoms with Crippen molar-refractivity contribution in [1.29, 1.82) is 0 Å². The lowest BCUT2D eigenvalue weighted by molar-refractivity contribution is -0.148. The molecule has 0 heterocycles. The number of nitrogens with one attached hydrogen (secondary N) is 1. The van der Waals surface area contributed by atoms with Gasteiger partial charge in [0, 0.05) is 12.3 Å². The highest BCUT2D eigenvalue weighted by atomic mass is 16.5. The van der Waals surface area contributed by atoms with Gasteiger partial charge in [0.15, 0.2) is 0 Å². The van der Waals surface area contributed by atoms with Gasteiger partial charge in [-0.05, 0) is 82.1 Å². The Balaban J connectivity index is 2.19. The van der Waals surface area contributed by atoms with Crippen molar-refractivity contribution in [1.82, 2.24) is 0 Å². The standard InChI is InChI=1S/C23H37NO3/c1-7-12-26-23(11-9-10-16(3)15-23)22(25)24-20-13-17(4)21(18(5)14-20)27-19(6)8-2/h13-14,16,19H,7-12,15H2,1-6H3,(H,24,25)/t16-,19+,23+/m0/s1. The van der Waals surface area contributed by atoms with Crippen molar-refractivity contribution >= 4 is 11.6 Å². The van der Waals surface area contributed by atoms with Crippen LogP contribution in [0.1, 0.15) is 77.3 Å². The molecule has 152 valence electrons. The summed E-state index contributed by atoms with van der Waals surface area (Å²) in [6, 6.07) is 4.00. The Kier molecular flexibility index (Phi) is 7.72. The molecule has 1 fully saturated rings. The first kappa shape index (κ1) is 21.7. The molecular formula is C23H37NO3. The number of carbonyl (C=O) groups excluding carboxylic acids is 1. The molecule has 0 saturated heterocycles. The van der Waals surface area contributed by atoms with Crippen molar-refractivity contribution < 1.29 is 14.3 Å². The van der Waals surface area contributed by atoms with Crippen LogP contribution in [0.3, 0.4) is 0 Å². The van der Waals surface area contributed by atoms with Crippen molar-refractivity contribution in [3.8, 4) is 5.75 Å². The third-order valence-electron chi connectivity index (χ3n) is 5.56. The SMILES string of the molecule is CCCO[C@]1(C(=O)Nc2cc(C)c(O[C@H](C)CC)c(C)c2)CCC[C@H](C)C1. The number of hydrogen-bond donors (Lipinski definition) is 1. The Morgan fingerprint density at radius 1 is 1.30 bits per heavy atom. The molecule has 27 heavy (non-hydrogen) atoms. The molecule has 0 unspecified atom stereocenters. The lowest BCUT2D eigenvalue weighted by Crippen LogP contribution is -2.48. The molecule has 4 nitrogen and oxygen atoms in total. The zero-order chi connectivity index (χ0) is 20.0. The van der Waals surface area contributed by atoms with Crippen LogP contribution in [-0.4, -0.2) is 24.2 Å². The highest BCUT2D eigenvalue weighted by Crippen LogP contribution is 2.37. The molecule has 1 N–H and O–H groups in total. The van der Waals surface area contributed by atoms with E-state index in [9.17, 15) is 4.79 Å². The van der Waals surface area contributed by atoms with Crippen LogP contribution in [0.5, 0.6) is 5.75 Å². The first-order valence-corrected chi connectivity index (χ1v) is 10.5. The number of ether oxygens (including phenoxy) is 2. The van der Waals surface area contributed by atoms with Gasteiger partial charge in [0.2, 0.25) is 0 Å². The molecule has 0 radical (unpaired) electrons. The molecule has 0 aliphatic heterocycles. The number of benzene rings is 1. The minimum Gasteiger partial charge on any atom is -0.490 e. The summed E-state index contributed by atoms with van der Waals surface area (Å²) >= 11 is 0. The van der Waals surface area contributed by atoms with Crippen LogP contribution in [0, 0.1) is 19.8 Å². The van der Waals surface area contributed by atoms with Crippen molar-refractivity contribution in [2.45, 2.75) is 91.8 Å². The molecule has 1 aliphatic carbocycles. The van der Waals surface area contributed by atoms with E-state index in [1.54, 1.807) is 0 Å². The average Bonchev–Trinajstić information content (AvgIpc) is 2.62. The van der Waals surface area contributed by atoms with Crippen molar-refractivity contribution in [3.63, 3.8) is 0 Å². The van der Waals surface area contributed by atoms with Gasteiger partial charge in [0.25, 0.3) is 5.91 Å². The van der Waals surface area contributed by atoms with Crippen molar-refractivity contribution in [3.05, 3.63) is 23.3 Å². The fourth-order valence-electron chi connectivity index (χ4n) is 3.94.